The van der Waals surface area contributed by atoms with E-state index in [9.17, 15) is 0 Å². The van der Waals surface area contributed by atoms with Gasteiger partial charge in [-0.2, -0.15) is 5.26 Å². The van der Waals surface area contributed by atoms with E-state index in [1.807, 2.05) is 18.2 Å². The number of hydrogen-bond acceptors (Lipinski definition) is 5. The highest BCUT2D eigenvalue weighted by Crippen LogP contribution is 2.24. The van der Waals surface area contributed by atoms with Gasteiger partial charge in [-0.1, -0.05) is 0 Å². The Balaban J connectivity index is 2.34. The molecule has 0 bridgehead atoms. The van der Waals surface area contributed by atoms with Crippen LogP contribution in [0.5, 0.6) is 11.6 Å². The molecular weight excluding hydrogens is 244 g/mol. The first-order valence-corrected chi connectivity index (χ1v) is 5.79. The van der Waals surface area contributed by atoms with Crippen molar-refractivity contribution in [2.75, 3.05) is 27.4 Å². The van der Waals surface area contributed by atoms with Gasteiger partial charge in [0.15, 0.2) is 0 Å². The quantitative estimate of drug-likeness (QED) is 0.769. The van der Waals surface area contributed by atoms with Crippen LogP contribution in [0.3, 0.4) is 0 Å². The van der Waals surface area contributed by atoms with Gasteiger partial charge in [0.2, 0.25) is 5.88 Å². The summed E-state index contributed by atoms with van der Waals surface area (Å²) in [6, 6.07) is 9.33. The molecule has 0 aliphatic rings. The summed E-state index contributed by atoms with van der Waals surface area (Å²) in [5, 5.41) is 9.87. The monoisotopic (exact) mass is 258 g/mol. The minimum Gasteiger partial charge on any atom is -0.491 e. The maximum atomic E-state index is 9.00. The Kier molecular flexibility index (Phi) is 4.16. The predicted molar refractivity (Wildman–Crippen MR) is 70.4 cm³/mol. The molecule has 19 heavy (non-hydrogen) atoms. The Morgan fingerprint density at radius 1 is 1.21 bits per heavy atom. The number of fused-ring (bicyclic) bond motifs is 1. The molecule has 0 amide bonds. The molecule has 0 N–H and O–H groups in total. The molecule has 0 spiro atoms. The van der Waals surface area contributed by atoms with Gasteiger partial charge in [-0.25, -0.2) is 4.98 Å². The second-order valence-electron chi connectivity index (χ2n) is 3.85. The fourth-order valence-corrected chi connectivity index (χ4v) is 1.70. The van der Waals surface area contributed by atoms with Crippen molar-refractivity contribution in [2.24, 2.45) is 0 Å². The highest BCUT2D eigenvalue weighted by atomic mass is 16.5. The second kappa shape index (κ2) is 6.03. The van der Waals surface area contributed by atoms with Crippen LogP contribution in [0, 0.1) is 11.3 Å². The standard InChI is InChI=1S/C14H14N2O3/c1-17-5-6-19-12-4-3-10-7-11(9-15)14(18-2)16-13(10)8-12/h3-4,7-8H,5-6H2,1-2H3. The summed E-state index contributed by atoms with van der Waals surface area (Å²) < 4.78 is 15.5. The van der Waals surface area contributed by atoms with Gasteiger partial charge >= 0.3 is 0 Å². The summed E-state index contributed by atoms with van der Waals surface area (Å²) in [5.74, 6) is 1.04. The lowest BCUT2D eigenvalue weighted by Crippen LogP contribution is -2.04. The predicted octanol–water partition coefficient (Wildman–Crippen LogP) is 2.14. The van der Waals surface area contributed by atoms with Crippen LogP contribution >= 0.6 is 0 Å². The largest absolute Gasteiger partial charge is 0.491 e. The van der Waals surface area contributed by atoms with Gasteiger partial charge in [0.25, 0.3) is 0 Å². The number of rotatable bonds is 5. The van der Waals surface area contributed by atoms with E-state index in [4.69, 9.17) is 19.5 Å². The average Bonchev–Trinajstić information content (AvgIpc) is 2.46. The van der Waals surface area contributed by atoms with Gasteiger partial charge in [-0.15, -0.1) is 0 Å². The molecule has 5 nitrogen and oxygen atoms in total. The molecule has 0 aliphatic heterocycles. The average molecular weight is 258 g/mol. The number of methoxy groups -OCH3 is 2. The summed E-state index contributed by atoms with van der Waals surface area (Å²) >= 11 is 0. The molecule has 1 heterocycles. The summed E-state index contributed by atoms with van der Waals surface area (Å²) in [5.41, 5.74) is 1.15. The molecule has 0 unspecified atom stereocenters. The van der Waals surface area contributed by atoms with Crippen LogP contribution in [0.1, 0.15) is 5.56 Å². The second-order valence-corrected chi connectivity index (χ2v) is 3.85. The molecule has 0 aliphatic carbocycles. The maximum Gasteiger partial charge on any atom is 0.231 e. The third-order valence-corrected chi connectivity index (χ3v) is 2.62. The highest BCUT2D eigenvalue weighted by molar-refractivity contribution is 5.82. The first-order chi connectivity index (χ1) is 9.28. The number of benzene rings is 1. The molecule has 0 fully saturated rings. The van der Waals surface area contributed by atoms with Crippen molar-refractivity contribution < 1.29 is 14.2 Å². The van der Waals surface area contributed by atoms with Crippen LogP contribution < -0.4 is 9.47 Å². The summed E-state index contributed by atoms with van der Waals surface area (Å²) in [6.45, 7) is 1.01. The van der Waals surface area contributed by atoms with Crippen molar-refractivity contribution in [1.82, 2.24) is 4.98 Å². The number of pyridine rings is 1. The Bertz CT molecular complexity index is 620. The molecule has 0 atom stereocenters. The first-order valence-electron chi connectivity index (χ1n) is 5.79. The molecule has 2 rings (SSSR count). The van der Waals surface area contributed by atoms with Crippen molar-refractivity contribution in [3.63, 3.8) is 0 Å². The Hall–Kier alpha value is -2.32. The van der Waals surface area contributed by atoms with Crippen LogP contribution in [0.2, 0.25) is 0 Å². The van der Waals surface area contributed by atoms with Crippen molar-refractivity contribution in [1.29, 1.82) is 5.26 Å². The van der Waals surface area contributed by atoms with E-state index in [-0.39, 0.29) is 0 Å². The Morgan fingerprint density at radius 3 is 2.74 bits per heavy atom. The molecule has 0 radical (unpaired) electrons. The van der Waals surface area contributed by atoms with E-state index in [1.165, 1.54) is 7.11 Å². The maximum absolute atomic E-state index is 9.00. The van der Waals surface area contributed by atoms with E-state index >= 15 is 0 Å². The van der Waals surface area contributed by atoms with Gasteiger partial charge in [-0.3, -0.25) is 0 Å². The van der Waals surface area contributed by atoms with Crippen LogP contribution in [0.25, 0.3) is 10.9 Å². The molecule has 98 valence electrons. The lowest BCUT2D eigenvalue weighted by molar-refractivity contribution is 0.146. The third kappa shape index (κ3) is 2.92. The van der Waals surface area contributed by atoms with Crippen molar-refractivity contribution in [3.05, 3.63) is 29.8 Å². The number of nitrogens with zero attached hydrogens (tertiary/aromatic N) is 2. The topological polar surface area (TPSA) is 64.4 Å². The van der Waals surface area contributed by atoms with E-state index in [0.29, 0.717) is 30.4 Å². The zero-order chi connectivity index (χ0) is 13.7. The van der Waals surface area contributed by atoms with Gasteiger partial charge in [-0.05, 0) is 18.2 Å². The van der Waals surface area contributed by atoms with Crippen molar-refractivity contribution in [2.45, 2.75) is 0 Å². The van der Waals surface area contributed by atoms with Crippen LogP contribution in [0.15, 0.2) is 24.3 Å². The molecule has 2 aromatic rings. The minimum atomic E-state index is 0.323. The normalized spacial score (nSPS) is 10.2. The van der Waals surface area contributed by atoms with E-state index in [1.54, 1.807) is 13.2 Å². The lowest BCUT2D eigenvalue weighted by atomic mass is 10.1. The number of aromatic nitrogens is 1. The summed E-state index contributed by atoms with van der Waals surface area (Å²) in [6.07, 6.45) is 0. The number of nitriles is 1. The molecule has 5 heteroatoms. The van der Waals surface area contributed by atoms with E-state index in [0.717, 1.165) is 10.9 Å². The fourth-order valence-electron chi connectivity index (χ4n) is 1.70. The number of hydrogen-bond donors (Lipinski definition) is 0. The first kappa shape index (κ1) is 13.1. The molecule has 0 saturated heterocycles. The van der Waals surface area contributed by atoms with Crippen LogP contribution in [0.4, 0.5) is 0 Å². The van der Waals surface area contributed by atoms with E-state index in [2.05, 4.69) is 11.1 Å². The Labute approximate surface area is 111 Å². The lowest BCUT2D eigenvalue weighted by Gasteiger charge is -2.08. The third-order valence-electron chi connectivity index (χ3n) is 2.62. The zero-order valence-electron chi connectivity index (χ0n) is 10.8. The van der Waals surface area contributed by atoms with E-state index < -0.39 is 0 Å². The molecule has 1 aromatic carbocycles. The molecule has 0 saturated carbocycles. The zero-order valence-corrected chi connectivity index (χ0v) is 10.8. The summed E-state index contributed by atoms with van der Waals surface area (Å²) in [4.78, 5) is 4.30. The van der Waals surface area contributed by atoms with Crippen LogP contribution in [-0.2, 0) is 4.74 Å². The fraction of sp³-hybridized carbons (Fsp3) is 0.286. The molecule has 1 aromatic heterocycles. The van der Waals surface area contributed by atoms with Crippen molar-refractivity contribution >= 4 is 10.9 Å². The molecular formula is C14H14N2O3. The Morgan fingerprint density at radius 2 is 2.05 bits per heavy atom. The highest BCUT2D eigenvalue weighted by Gasteiger charge is 2.07. The van der Waals surface area contributed by atoms with Crippen LogP contribution in [-0.4, -0.2) is 32.4 Å². The smallest absolute Gasteiger partial charge is 0.231 e. The minimum absolute atomic E-state index is 0.323. The van der Waals surface area contributed by atoms with Gasteiger partial charge in [0.1, 0.15) is 24.0 Å². The number of ether oxygens (including phenoxy) is 3. The van der Waals surface area contributed by atoms with Crippen molar-refractivity contribution in [3.8, 4) is 17.7 Å². The summed E-state index contributed by atoms with van der Waals surface area (Å²) in [7, 11) is 3.12. The van der Waals surface area contributed by atoms with Gasteiger partial charge in [0, 0.05) is 18.6 Å². The SMILES string of the molecule is COCCOc1ccc2cc(C#N)c(OC)nc2c1. The van der Waals surface area contributed by atoms with Gasteiger partial charge < -0.3 is 14.2 Å². The van der Waals surface area contributed by atoms with Gasteiger partial charge in [0.05, 0.1) is 19.2 Å².